The van der Waals surface area contributed by atoms with Crippen LogP contribution >= 0.6 is 11.3 Å². The van der Waals surface area contributed by atoms with Crippen molar-refractivity contribution in [2.75, 3.05) is 5.32 Å². The van der Waals surface area contributed by atoms with Crippen LogP contribution in [-0.2, 0) is 12.8 Å². The van der Waals surface area contributed by atoms with Gasteiger partial charge < -0.3 is 0 Å². The third kappa shape index (κ3) is 2.70. The highest BCUT2D eigenvalue weighted by atomic mass is 32.1. The second kappa shape index (κ2) is 5.66. The van der Waals surface area contributed by atoms with Gasteiger partial charge in [-0.3, -0.25) is 15.1 Å². The maximum absolute atomic E-state index is 12.0. The lowest BCUT2D eigenvalue weighted by atomic mass is 9.89. The second-order valence-corrected chi connectivity index (χ2v) is 6.03. The Kier molecular flexibility index (Phi) is 3.73. The summed E-state index contributed by atoms with van der Waals surface area (Å²) in [6.07, 6.45) is 9.02. The molecule has 0 saturated carbocycles. The normalized spacial score (nSPS) is 17.6. The van der Waals surface area contributed by atoms with E-state index in [0.717, 1.165) is 24.5 Å². The molecule has 5 nitrogen and oxygen atoms in total. The summed E-state index contributed by atoms with van der Waals surface area (Å²) < 4.78 is 0. The number of rotatable bonds is 3. The van der Waals surface area contributed by atoms with Crippen LogP contribution in [0.3, 0.4) is 0 Å². The van der Waals surface area contributed by atoms with E-state index in [0.29, 0.717) is 10.8 Å². The highest BCUT2D eigenvalue weighted by molar-refractivity contribution is 7.15. The van der Waals surface area contributed by atoms with Crippen molar-refractivity contribution in [1.82, 2.24) is 15.0 Å². The van der Waals surface area contributed by atoms with E-state index < -0.39 is 0 Å². The maximum Gasteiger partial charge on any atom is 0.277 e. The number of carbonyl (C=O) groups is 1. The van der Waals surface area contributed by atoms with Crippen LogP contribution in [-0.4, -0.2) is 20.9 Å². The fourth-order valence-electron chi connectivity index (χ4n) is 2.42. The lowest BCUT2D eigenvalue weighted by Crippen LogP contribution is -2.13. The Hall–Kier alpha value is -1.82. The number of fused-ring (bicyclic) bond motifs is 1. The first kappa shape index (κ1) is 13.2. The zero-order chi connectivity index (χ0) is 13.9. The first-order valence-electron chi connectivity index (χ1n) is 6.82. The smallest absolute Gasteiger partial charge is 0.277 e. The molecule has 0 aromatic carbocycles. The predicted octanol–water partition coefficient (Wildman–Crippen LogP) is 2.70. The number of nitrogens with zero attached hydrogens (tertiary/aromatic N) is 3. The first-order chi connectivity index (χ1) is 9.76. The van der Waals surface area contributed by atoms with Crippen LogP contribution in [0.5, 0.6) is 0 Å². The van der Waals surface area contributed by atoms with Crippen LogP contribution in [0.15, 0.2) is 18.6 Å². The van der Waals surface area contributed by atoms with Crippen molar-refractivity contribution in [2.24, 2.45) is 5.92 Å². The van der Waals surface area contributed by atoms with Gasteiger partial charge in [0.2, 0.25) is 0 Å². The molecule has 1 atom stereocenters. The van der Waals surface area contributed by atoms with Crippen LogP contribution in [0, 0.1) is 5.92 Å². The van der Waals surface area contributed by atoms with Gasteiger partial charge in [0.15, 0.2) is 5.13 Å². The molecule has 0 bridgehead atoms. The van der Waals surface area contributed by atoms with Crippen LogP contribution in [0.1, 0.15) is 40.8 Å². The van der Waals surface area contributed by atoms with Gasteiger partial charge in [0.25, 0.3) is 5.91 Å². The molecule has 0 aliphatic heterocycles. The molecule has 6 heteroatoms. The first-order valence-corrected chi connectivity index (χ1v) is 7.64. The lowest BCUT2D eigenvalue weighted by Gasteiger charge is -2.18. The van der Waals surface area contributed by atoms with Gasteiger partial charge in [-0.1, -0.05) is 13.3 Å². The van der Waals surface area contributed by atoms with Gasteiger partial charge in [-0.25, -0.2) is 9.97 Å². The number of carbonyl (C=O) groups excluding carboxylic acids is 1. The van der Waals surface area contributed by atoms with Crippen molar-refractivity contribution in [3.8, 4) is 0 Å². The summed E-state index contributed by atoms with van der Waals surface area (Å²) in [5.74, 6) is 0.503. The number of anilines is 1. The summed E-state index contributed by atoms with van der Waals surface area (Å²) in [5.41, 5.74) is 1.46. The number of nitrogens with one attached hydrogen (secondary N) is 1. The summed E-state index contributed by atoms with van der Waals surface area (Å²) in [6, 6.07) is 0. The van der Waals surface area contributed by atoms with E-state index in [1.165, 1.54) is 30.1 Å². The van der Waals surface area contributed by atoms with E-state index in [4.69, 9.17) is 0 Å². The van der Waals surface area contributed by atoms with Gasteiger partial charge in [0.1, 0.15) is 5.69 Å². The number of aryl methyl sites for hydroxylation is 1. The number of thiazole rings is 1. The van der Waals surface area contributed by atoms with Gasteiger partial charge in [-0.05, 0) is 25.2 Å². The molecule has 20 heavy (non-hydrogen) atoms. The molecule has 1 aliphatic carbocycles. The van der Waals surface area contributed by atoms with E-state index >= 15 is 0 Å². The summed E-state index contributed by atoms with van der Waals surface area (Å²) in [7, 11) is 0. The van der Waals surface area contributed by atoms with Crippen molar-refractivity contribution in [1.29, 1.82) is 0 Å². The molecule has 0 unspecified atom stereocenters. The molecule has 0 radical (unpaired) electrons. The van der Waals surface area contributed by atoms with Crippen molar-refractivity contribution < 1.29 is 4.79 Å². The van der Waals surface area contributed by atoms with E-state index in [1.807, 2.05) is 0 Å². The van der Waals surface area contributed by atoms with Crippen molar-refractivity contribution in [3.05, 3.63) is 34.9 Å². The lowest BCUT2D eigenvalue weighted by molar-refractivity contribution is 0.102. The van der Waals surface area contributed by atoms with E-state index in [-0.39, 0.29) is 5.91 Å². The highest BCUT2D eigenvalue weighted by Gasteiger charge is 2.22. The molecular weight excluding hydrogens is 272 g/mol. The number of aromatic nitrogens is 3. The Morgan fingerprint density at radius 3 is 3.15 bits per heavy atom. The van der Waals surface area contributed by atoms with E-state index in [2.05, 4.69) is 27.2 Å². The Morgan fingerprint density at radius 1 is 1.50 bits per heavy atom. The molecule has 1 N–H and O–H groups in total. The molecule has 3 rings (SSSR count). The molecule has 104 valence electrons. The SMILES string of the molecule is CC[C@@H]1CCc2nc(NC(=O)c3cnccn3)sc2C1. The molecule has 0 saturated heterocycles. The Labute approximate surface area is 121 Å². The van der Waals surface area contributed by atoms with E-state index in [1.54, 1.807) is 17.5 Å². The second-order valence-electron chi connectivity index (χ2n) is 4.95. The Morgan fingerprint density at radius 2 is 2.40 bits per heavy atom. The Bertz CT molecular complexity index is 611. The summed E-state index contributed by atoms with van der Waals surface area (Å²) in [4.78, 5) is 25.7. The molecule has 2 aromatic heterocycles. The van der Waals surface area contributed by atoms with Crippen LogP contribution in [0.2, 0.25) is 0 Å². The maximum atomic E-state index is 12.0. The Balaban J connectivity index is 1.73. The number of hydrogen-bond donors (Lipinski definition) is 1. The van der Waals surface area contributed by atoms with Crippen molar-refractivity contribution in [3.63, 3.8) is 0 Å². The summed E-state index contributed by atoms with van der Waals surface area (Å²) in [6.45, 7) is 2.23. The molecular formula is C14H16N4OS. The predicted molar refractivity (Wildman–Crippen MR) is 77.9 cm³/mol. The molecule has 2 aromatic rings. The van der Waals surface area contributed by atoms with Crippen LogP contribution in [0.25, 0.3) is 0 Å². The number of amides is 1. The van der Waals surface area contributed by atoms with Crippen molar-refractivity contribution in [2.45, 2.75) is 32.6 Å². The van der Waals surface area contributed by atoms with Gasteiger partial charge in [0.05, 0.1) is 11.9 Å². The fraction of sp³-hybridized carbons (Fsp3) is 0.429. The van der Waals surface area contributed by atoms with Gasteiger partial charge >= 0.3 is 0 Å². The van der Waals surface area contributed by atoms with Gasteiger partial charge in [-0.15, -0.1) is 11.3 Å². The average molecular weight is 288 g/mol. The largest absolute Gasteiger partial charge is 0.296 e. The summed E-state index contributed by atoms with van der Waals surface area (Å²) in [5, 5.41) is 3.48. The van der Waals surface area contributed by atoms with E-state index in [9.17, 15) is 4.79 Å². The number of hydrogen-bond acceptors (Lipinski definition) is 5. The van der Waals surface area contributed by atoms with Gasteiger partial charge in [0, 0.05) is 17.3 Å². The zero-order valence-corrected chi connectivity index (χ0v) is 12.1. The third-order valence-corrected chi connectivity index (χ3v) is 4.67. The minimum Gasteiger partial charge on any atom is -0.296 e. The third-order valence-electron chi connectivity index (χ3n) is 3.64. The quantitative estimate of drug-likeness (QED) is 0.943. The van der Waals surface area contributed by atoms with Crippen molar-refractivity contribution >= 4 is 22.4 Å². The fourth-order valence-corrected chi connectivity index (χ4v) is 3.54. The topological polar surface area (TPSA) is 67.8 Å². The standard InChI is InChI=1S/C14H16N4OS/c1-2-9-3-4-10-12(7-9)20-14(17-10)18-13(19)11-8-15-5-6-16-11/h5-6,8-9H,2-4,7H2,1H3,(H,17,18,19)/t9-/m1/s1. The monoisotopic (exact) mass is 288 g/mol. The van der Waals surface area contributed by atoms with Crippen LogP contribution < -0.4 is 5.32 Å². The minimum atomic E-state index is -0.253. The van der Waals surface area contributed by atoms with Crippen LogP contribution in [0.4, 0.5) is 5.13 Å². The summed E-state index contributed by atoms with van der Waals surface area (Å²) >= 11 is 1.59. The average Bonchev–Trinajstić information content (AvgIpc) is 2.89. The molecule has 0 spiro atoms. The molecule has 1 amide bonds. The minimum absolute atomic E-state index is 0.253. The highest BCUT2D eigenvalue weighted by Crippen LogP contribution is 2.33. The zero-order valence-electron chi connectivity index (χ0n) is 11.3. The van der Waals surface area contributed by atoms with Gasteiger partial charge in [-0.2, -0.15) is 0 Å². The molecule has 2 heterocycles. The molecule has 1 aliphatic rings. The molecule has 0 fully saturated rings.